The molecule has 2 N–H and O–H groups in total. The minimum absolute atomic E-state index is 0.0340. The minimum atomic E-state index is -0.958. The predicted octanol–water partition coefficient (Wildman–Crippen LogP) is 3.51. The van der Waals surface area contributed by atoms with Crippen LogP contribution in [-0.2, 0) is 11.2 Å². The predicted molar refractivity (Wildman–Crippen MR) is 71.8 cm³/mol. The summed E-state index contributed by atoms with van der Waals surface area (Å²) < 4.78 is 26.4. The van der Waals surface area contributed by atoms with Crippen LogP contribution in [0.1, 0.15) is 5.56 Å². The van der Waals surface area contributed by atoms with Crippen LogP contribution in [0.2, 0.25) is 5.02 Å². The van der Waals surface area contributed by atoms with Crippen molar-refractivity contribution in [2.45, 2.75) is 6.42 Å². The summed E-state index contributed by atoms with van der Waals surface area (Å²) in [6.45, 7) is 0. The van der Waals surface area contributed by atoms with Crippen molar-refractivity contribution in [3.8, 4) is 5.75 Å². The van der Waals surface area contributed by atoms with E-state index in [9.17, 15) is 18.7 Å². The van der Waals surface area contributed by atoms with Gasteiger partial charge in [0.25, 0.3) is 0 Å². The van der Waals surface area contributed by atoms with Gasteiger partial charge in [-0.2, -0.15) is 0 Å². The molecule has 1 amide bonds. The van der Waals surface area contributed by atoms with Crippen LogP contribution in [0, 0.1) is 11.6 Å². The number of hydrogen-bond donors (Lipinski definition) is 2. The summed E-state index contributed by atoms with van der Waals surface area (Å²) in [5, 5.41) is 11.6. The lowest BCUT2D eigenvalue weighted by atomic mass is 10.1. The maximum Gasteiger partial charge on any atom is 0.229 e. The Balaban J connectivity index is 2.15. The van der Waals surface area contributed by atoms with Gasteiger partial charge in [-0.15, -0.1) is 0 Å². The molecule has 104 valence electrons. The first-order valence-corrected chi connectivity index (χ1v) is 6.06. The molecule has 0 aromatic heterocycles. The van der Waals surface area contributed by atoms with E-state index in [0.29, 0.717) is 11.6 Å². The molecule has 3 nitrogen and oxygen atoms in total. The lowest BCUT2D eigenvalue weighted by molar-refractivity contribution is -0.115. The van der Waals surface area contributed by atoms with E-state index < -0.39 is 17.5 Å². The van der Waals surface area contributed by atoms with Gasteiger partial charge in [-0.1, -0.05) is 29.8 Å². The second kappa shape index (κ2) is 5.88. The van der Waals surface area contributed by atoms with E-state index in [4.69, 9.17) is 11.6 Å². The number of carbonyl (C=O) groups is 1. The van der Waals surface area contributed by atoms with Crippen LogP contribution in [0.25, 0.3) is 0 Å². The molecule has 2 rings (SSSR count). The molecule has 0 saturated carbocycles. The molecule has 0 fully saturated rings. The number of phenols is 1. The van der Waals surface area contributed by atoms with Crippen LogP contribution in [0.4, 0.5) is 14.5 Å². The van der Waals surface area contributed by atoms with E-state index in [1.165, 1.54) is 6.07 Å². The summed E-state index contributed by atoms with van der Waals surface area (Å²) >= 11 is 5.67. The molecule has 0 aliphatic heterocycles. The van der Waals surface area contributed by atoms with Crippen molar-refractivity contribution in [2.75, 3.05) is 5.32 Å². The molecule has 6 heteroatoms. The van der Waals surface area contributed by atoms with Gasteiger partial charge in [0.05, 0.1) is 17.1 Å². The van der Waals surface area contributed by atoms with E-state index in [0.717, 1.165) is 6.07 Å². The maximum absolute atomic E-state index is 13.5. The molecular formula is C14H10ClF2NO2. The Bertz CT molecular complexity index is 638. The second-order valence-corrected chi connectivity index (χ2v) is 4.51. The standard InChI is InChI=1S/C14H10ClF2NO2/c15-10-6-9(16)7-11(17)14(10)18-13(20)5-8-3-1-2-4-12(8)19/h1-4,6-7,19H,5H2,(H,18,20). The molecule has 0 heterocycles. The van der Waals surface area contributed by atoms with Crippen molar-refractivity contribution < 1.29 is 18.7 Å². The Kier molecular flexibility index (Phi) is 4.20. The summed E-state index contributed by atoms with van der Waals surface area (Å²) in [6.07, 6.45) is -0.153. The fourth-order valence-electron chi connectivity index (χ4n) is 1.68. The Morgan fingerprint density at radius 3 is 2.60 bits per heavy atom. The molecule has 0 aliphatic rings. The summed E-state index contributed by atoms with van der Waals surface area (Å²) in [5.41, 5.74) is 0.108. The number of anilines is 1. The van der Waals surface area contributed by atoms with Crippen LogP contribution in [0.3, 0.4) is 0 Å². The van der Waals surface area contributed by atoms with Crippen molar-refractivity contribution >= 4 is 23.2 Å². The Hall–Kier alpha value is -2.14. The van der Waals surface area contributed by atoms with Crippen LogP contribution in [-0.4, -0.2) is 11.0 Å². The van der Waals surface area contributed by atoms with Gasteiger partial charge in [0.2, 0.25) is 5.91 Å². The zero-order valence-electron chi connectivity index (χ0n) is 10.2. The highest BCUT2D eigenvalue weighted by Gasteiger charge is 2.14. The van der Waals surface area contributed by atoms with Crippen LogP contribution >= 0.6 is 11.6 Å². The third-order valence-electron chi connectivity index (χ3n) is 2.61. The number of phenolic OH excluding ortho intramolecular Hbond substituents is 1. The SMILES string of the molecule is O=C(Cc1ccccc1O)Nc1c(F)cc(F)cc1Cl. The summed E-state index contributed by atoms with van der Waals surface area (Å²) in [7, 11) is 0. The molecular weight excluding hydrogens is 288 g/mol. The quantitative estimate of drug-likeness (QED) is 0.911. The number of benzene rings is 2. The minimum Gasteiger partial charge on any atom is -0.508 e. The third-order valence-corrected chi connectivity index (χ3v) is 2.91. The van der Waals surface area contributed by atoms with Crippen LogP contribution < -0.4 is 5.32 Å². The van der Waals surface area contributed by atoms with E-state index in [1.54, 1.807) is 18.2 Å². The lowest BCUT2D eigenvalue weighted by Crippen LogP contribution is -2.16. The first kappa shape index (κ1) is 14.3. The molecule has 2 aromatic carbocycles. The average Bonchev–Trinajstić information content (AvgIpc) is 2.36. The highest BCUT2D eigenvalue weighted by molar-refractivity contribution is 6.33. The third kappa shape index (κ3) is 3.24. The number of amides is 1. The number of para-hydroxylation sites is 1. The smallest absolute Gasteiger partial charge is 0.229 e. The number of hydrogen-bond acceptors (Lipinski definition) is 2. The fraction of sp³-hybridized carbons (Fsp3) is 0.0714. The highest BCUT2D eigenvalue weighted by Crippen LogP contribution is 2.26. The zero-order valence-corrected chi connectivity index (χ0v) is 10.9. The van der Waals surface area contributed by atoms with Crippen LogP contribution in [0.15, 0.2) is 36.4 Å². The molecule has 20 heavy (non-hydrogen) atoms. The van der Waals surface area contributed by atoms with Gasteiger partial charge in [0.15, 0.2) is 5.82 Å². The summed E-state index contributed by atoms with van der Waals surface area (Å²) in [4.78, 5) is 11.8. The Morgan fingerprint density at radius 2 is 1.95 bits per heavy atom. The van der Waals surface area contributed by atoms with E-state index >= 15 is 0 Å². The lowest BCUT2D eigenvalue weighted by Gasteiger charge is -2.09. The van der Waals surface area contributed by atoms with Crippen molar-refractivity contribution in [1.29, 1.82) is 0 Å². The molecule has 2 aromatic rings. The van der Waals surface area contributed by atoms with Crippen LogP contribution in [0.5, 0.6) is 5.75 Å². The van der Waals surface area contributed by atoms with Gasteiger partial charge in [-0.25, -0.2) is 8.78 Å². The topological polar surface area (TPSA) is 49.3 Å². The Morgan fingerprint density at radius 1 is 1.25 bits per heavy atom. The van der Waals surface area contributed by atoms with Gasteiger partial charge in [0, 0.05) is 11.6 Å². The zero-order chi connectivity index (χ0) is 14.7. The van der Waals surface area contributed by atoms with Gasteiger partial charge in [-0.05, 0) is 12.1 Å². The molecule has 0 bridgehead atoms. The van der Waals surface area contributed by atoms with Gasteiger partial charge in [0.1, 0.15) is 11.6 Å². The summed E-state index contributed by atoms with van der Waals surface area (Å²) in [6, 6.07) is 7.81. The molecule has 0 spiro atoms. The monoisotopic (exact) mass is 297 g/mol. The maximum atomic E-state index is 13.5. The van der Waals surface area contributed by atoms with Gasteiger partial charge < -0.3 is 10.4 Å². The van der Waals surface area contributed by atoms with Crippen molar-refractivity contribution in [2.24, 2.45) is 0 Å². The number of nitrogens with one attached hydrogen (secondary N) is 1. The summed E-state index contributed by atoms with van der Waals surface area (Å²) in [5.74, 6) is -2.39. The van der Waals surface area contributed by atoms with E-state index in [1.807, 2.05) is 0 Å². The molecule has 0 radical (unpaired) electrons. The number of aromatic hydroxyl groups is 1. The van der Waals surface area contributed by atoms with E-state index in [-0.39, 0.29) is 22.9 Å². The van der Waals surface area contributed by atoms with Crippen molar-refractivity contribution in [1.82, 2.24) is 0 Å². The normalized spacial score (nSPS) is 10.3. The Labute approximate surface area is 118 Å². The van der Waals surface area contributed by atoms with Gasteiger partial charge >= 0.3 is 0 Å². The first-order valence-electron chi connectivity index (χ1n) is 5.68. The number of carbonyl (C=O) groups excluding carboxylic acids is 1. The first-order chi connectivity index (χ1) is 9.47. The molecule has 0 atom stereocenters. The van der Waals surface area contributed by atoms with E-state index in [2.05, 4.69) is 5.32 Å². The molecule has 0 saturated heterocycles. The molecule has 0 unspecified atom stereocenters. The fourth-order valence-corrected chi connectivity index (χ4v) is 1.92. The van der Waals surface area contributed by atoms with Gasteiger partial charge in [-0.3, -0.25) is 4.79 Å². The number of halogens is 3. The van der Waals surface area contributed by atoms with Crippen molar-refractivity contribution in [3.63, 3.8) is 0 Å². The number of rotatable bonds is 3. The molecule has 0 aliphatic carbocycles. The average molecular weight is 298 g/mol. The highest BCUT2D eigenvalue weighted by atomic mass is 35.5. The second-order valence-electron chi connectivity index (χ2n) is 4.10. The van der Waals surface area contributed by atoms with Crippen molar-refractivity contribution in [3.05, 3.63) is 58.6 Å². The largest absolute Gasteiger partial charge is 0.508 e.